The highest BCUT2D eigenvalue weighted by Crippen LogP contribution is 2.34. The lowest BCUT2D eigenvalue weighted by molar-refractivity contribution is 0.355. The summed E-state index contributed by atoms with van der Waals surface area (Å²) in [4.78, 5) is 4.52. The summed E-state index contributed by atoms with van der Waals surface area (Å²) in [5.41, 5.74) is 7.45. The fourth-order valence-corrected chi connectivity index (χ4v) is 2.39. The highest BCUT2D eigenvalue weighted by Gasteiger charge is 2.15. The molecule has 2 rings (SSSR count). The van der Waals surface area contributed by atoms with E-state index >= 15 is 0 Å². The van der Waals surface area contributed by atoms with Crippen LogP contribution in [-0.2, 0) is 13.6 Å². The minimum atomic E-state index is 0.391. The van der Waals surface area contributed by atoms with Crippen LogP contribution >= 0.6 is 15.9 Å². The Balaban J connectivity index is 2.53. The van der Waals surface area contributed by atoms with Crippen molar-refractivity contribution in [2.75, 3.05) is 14.2 Å². The number of nitrogens with two attached hydrogens (primary N) is 1. The molecule has 2 N–H and O–H groups in total. The Morgan fingerprint density at radius 2 is 1.95 bits per heavy atom. The van der Waals surface area contributed by atoms with Crippen molar-refractivity contribution in [3.8, 4) is 22.8 Å². The van der Waals surface area contributed by atoms with Gasteiger partial charge in [-0.3, -0.25) is 0 Å². The lowest BCUT2D eigenvalue weighted by Gasteiger charge is -2.08. The summed E-state index contributed by atoms with van der Waals surface area (Å²) in [5, 5.41) is 0. The van der Waals surface area contributed by atoms with Crippen molar-refractivity contribution in [1.82, 2.24) is 9.55 Å². The average molecular weight is 326 g/mol. The summed E-state index contributed by atoms with van der Waals surface area (Å²) < 4.78 is 13.3. The second-order valence-corrected chi connectivity index (χ2v) is 4.75. The van der Waals surface area contributed by atoms with Crippen LogP contribution in [0, 0.1) is 0 Å². The molecule has 0 fully saturated rings. The van der Waals surface area contributed by atoms with Crippen LogP contribution in [0.3, 0.4) is 0 Å². The van der Waals surface area contributed by atoms with Gasteiger partial charge in [-0.1, -0.05) is 0 Å². The molecule has 1 heterocycles. The van der Waals surface area contributed by atoms with Gasteiger partial charge in [0.05, 0.1) is 20.8 Å². The van der Waals surface area contributed by atoms with Gasteiger partial charge in [-0.15, -0.1) is 0 Å². The lowest BCUT2D eigenvalue weighted by Crippen LogP contribution is -2.04. The monoisotopic (exact) mass is 325 g/mol. The van der Waals surface area contributed by atoms with Gasteiger partial charge in [0.25, 0.3) is 0 Å². The molecule has 0 saturated heterocycles. The molecule has 19 heavy (non-hydrogen) atoms. The van der Waals surface area contributed by atoms with Gasteiger partial charge in [0.1, 0.15) is 16.1 Å². The Kier molecular flexibility index (Phi) is 4.11. The second-order valence-electron chi connectivity index (χ2n) is 4.00. The molecule has 0 unspecified atom stereocenters. The third-order valence-corrected chi connectivity index (χ3v) is 3.86. The van der Waals surface area contributed by atoms with E-state index in [1.54, 1.807) is 14.2 Å². The molecule has 0 saturated carbocycles. The second kappa shape index (κ2) is 5.63. The molecular weight excluding hydrogens is 310 g/mol. The normalized spacial score (nSPS) is 10.6. The fourth-order valence-electron chi connectivity index (χ4n) is 1.87. The molecule has 0 radical (unpaired) electrons. The van der Waals surface area contributed by atoms with E-state index in [0.717, 1.165) is 21.7 Å². The summed E-state index contributed by atoms with van der Waals surface area (Å²) in [6.45, 7) is 0.391. The minimum Gasteiger partial charge on any atom is -0.493 e. The predicted molar refractivity (Wildman–Crippen MR) is 77.3 cm³/mol. The Hall–Kier alpha value is -1.53. The van der Waals surface area contributed by atoms with Crippen molar-refractivity contribution >= 4 is 15.9 Å². The Morgan fingerprint density at radius 3 is 2.47 bits per heavy atom. The maximum Gasteiger partial charge on any atom is 0.161 e. The van der Waals surface area contributed by atoms with Crippen LogP contribution in [-0.4, -0.2) is 23.8 Å². The predicted octanol–water partition coefficient (Wildman–Crippen LogP) is 2.33. The number of hydrogen-bond donors (Lipinski definition) is 1. The van der Waals surface area contributed by atoms with E-state index in [9.17, 15) is 0 Å². The first kappa shape index (κ1) is 13.9. The third-order valence-electron chi connectivity index (χ3n) is 2.96. The SMILES string of the molecule is COc1ccc(-c2nc(CN)n(C)c2Br)cc1OC. The van der Waals surface area contributed by atoms with Gasteiger partial charge in [0.15, 0.2) is 11.5 Å². The summed E-state index contributed by atoms with van der Waals surface area (Å²) in [5.74, 6) is 2.18. The third kappa shape index (κ3) is 2.46. The van der Waals surface area contributed by atoms with Crippen LogP contribution < -0.4 is 15.2 Å². The van der Waals surface area contributed by atoms with Gasteiger partial charge in [0.2, 0.25) is 0 Å². The van der Waals surface area contributed by atoms with Gasteiger partial charge in [-0.05, 0) is 34.1 Å². The van der Waals surface area contributed by atoms with Crippen LogP contribution in [0.1, 0.15) is 5.82 Å². The van der Waals surface area contributed by atoms with Gasteiger partial charge in [-0.25, -0.2) is 4.98 Å². The first-order valence-corrected chi connectivity index (χ1v) is 6.55. The number of ether oxygens (including phenoxy) is 2. The van der Waals surface area contributed by atoms with E-state index < -0.39 is 0 Å². The van der Waals surface area contributed by atoms with Crippen molar-refractivity contribution < 1.29 is 9.47 Å². The molecule has 0 aliphatic rings. The maximum atomic E-state index is 5.66. The average Bonchev–Trinajstić information content (AvgIpc) is 2.74. The quantitative estimate of drug-likeness (QED) is 0.937. The topological polar surface area (TPSA) is 62.3 Å². The smallest absolute Gasteiger partial charge is 0.161 e. The zero-order valence-electron chi connectivity index (χ0n) is 11.1. The van der Waals surface area contributed by atoms with Crippen LogP contribution in [0.25, 0.3) is 11.3 Å². The van der Waals surface area contributed by atoms with E-state index in [4.69, 9.17) is 15.2 Å². The Labute approximate surface area is 120 Å². The number of imidazole rings is 1. The van der Waals surface area contributed by atoms with Crippen molar-refractivity contribution in [1.29, 1.82) is 0 Å². The summed E-state index contributed by atoms with van der Waals surface area (Å²) in [7, 11) is 5.14. The summed E-state index contributed by atoms with van der Waals surface area (Å²) in [6, 6.07) is 5.69. The first-order valence-electron chi connectivity index (χ1n) is 5.76. The van der Waals surface area contributed by atoms with E-state index in [-0.39, 0.29) is 0 Å². The standard InChI is InChI=1S/C13H16BrN3O2/c1-17-11(7-15)16-12(13(17)14)8-4-5-9(18-2)10(6-8)19-3/h4-6H,7,15H2,1-3H3. The molecule has 0 spiro atoms. The van der Waals surface area contributed by atoms with Crippen molar-refractivity contribution in [3.63, 3.8) is 0 Å². The molecule has 102 valence electrons. The van der Waals surface area contributed by atoms with Crippen LogP contribution in [0.5, 0.6) is 11.5 Å². The molecule has 0 amide bonds. The number of hydrogen-bond acceptors (Lipinski definition) is 4. The zero-order chi connectivity index (χ0) is 14.0. The van der Waals surface area contributed by atoms with Crippen molar-refractivity contribution in [2.45, 2.75) is 6.54 Å². The van der Waals surface area contributed by atoms with Gasteiger partial charge in [-0.2, -0.15) is 0 Å². The molecule has 0 aliphatic carbocycles. The van der Waals surface area contributed by atoms with E-state index in [1.807, 2.05) is 29.8 Å². The highest BCUT2D eigenvalue weighted by atomic mass is 79.9. The number of rotatable bonds is 4. The van der Waals surface area contributed by atoms with Gasteiger partial charge < -0.3 is 19.8 Å². The molecular formula is C13H16BrN3O2. The molecule has 5 nitrogen and oxygen atoms in total. The van der Waals surface area contributed by atoms with Crippen LogP contribution in [0.2, 0.25) is 0 Å². The molecule has 1 aromatic carbocycles. The number of methoxy groups -OCH3 is 2. The fraction of sp³-hybridized carbons (Fsp3) is 0.308. The molecule has 2 aromatic rings. The molecule has 6 heteroatoms. The van der Waals surface area contributed by atoms with Crippen LogP contribution in [0.4, 0.5) is 0 Å². The van der Waals surface area contributed by atoms with Gasteiger partial charge >= 0.3 is 0 Å². The molecule has 0 aliphatic heterocycles. The maximum absolute atomic E-state index is 5.66. The largest absolute Gasteiger partial charge is 0.493 e. The number of halogens is 1. The van der Waals surface area contributed by atoms with Crippen molar-refractivity contribution in [3.05, 3.63) is 28.6 Å². The number of aromatic nitrogens is 2. The Bertz CT molecular complexity index is 596. The zero-order valence-corrected chi connectivity index (χ0v) is 12.7. The summed E-state index contributed by atoms with van der Waals surface area (Å²) in [6.07, 6.45) is 0. The summed E-state index contributed by atoms with van der Waals surface area (Å²) >= 11 is 3.53. The lowest BCUT2D eigenvalue weighted by atomic mass is 10.1. The number of benzene rings is 1. The van der Waals surface area contributed by atoms with Crippen LogP contribution in [0.15, 0.2) is 22.8 Å². The molecule has 0 bridgehead atoms. The van der Waals surface area contributed by atoms with E-state index in [0.29, 0.717) is 18.0 Å². The molecule has 0 atom stereocenters. The highest BCUT2D eigenvalue weighted by molar-refractivity contribution is 9.10. The van der Waals surface area contributed by atoms with E-state index in [2.05, 4.69) is 20.9 Å². The Morgan fingerprint density at radius 1 is 1.26 bits per heavy atom. The number of nitrogens with zero attached hydrogens (tertiary/aromatic N) is 2. The van der Waals surface area contributed by atoms with E-state index in [1.165, 1.54) is 0 Å². The minimum absolute atomic E-state index is 0.391. The van der Waals surface area contributed by atoms with Gasteiger partial charge in [0, 0.05) is 12.6 Å². The first-order chi connectivity index (χ1) is 9.12. The molecule has 1 aromatic heterocycles. The van der Waals surface area contributed by atoms with Crippen molar-refractivity contribution in [2.24, 2.45) is 12.8 Å².